The van der Waals surface area contributed by atoms with Gasteiger partial charge in [0, 0.05) is 22.0 Å². The zero-order valence-electron chi connectivity index (χ0n) is 15.1. The van der Waals surface area contributed by atoms with Gasteiger partial charge in [-0.1, -0.05) is 35.0 Å². The lowest BCUT2D eigenvalue weighted by Crippen LogP contribution is -2.19. The number of aryl methyl sites for hydroxylation is 2. The fraction of sp³-hybridized carbons (Fsp3) is 0.158. The third kappa shape index (κ3) is 5.58. The van der Waals surface area contributed by atoms with Crippen molar-refractivity contribution in [1.82, 2.24) is 15.4 Å². The number of furan rings is 1. The second-order valence-corrected chi connectivity index (χ2v) is 7.63. The summed E-state index contributed by atoms with van der Waals surface area (Å²) in [5.41, 5.74) is 4.90. The van der Waals surface area contributed by atoms with Crippen molar-refractivity contribution >= 4 is 47.1 Å². The standard InChI is InChI=1S/C19H16Cl2N4O2S/c1-11-7-12(2)24-19(23-11)28-10-18(26)25-22-9-14-4-6-17(27-14)15-5-3-13(20)8-16(15)21/h3-9H,10H2,1-2H3,(H,25,26)/b22-9+. The Labute approximate surface area is 176 Å². The molecule has 3 aromatic rings. The van der Waals surface area contributed by atoms with Crippen molar-refractivity contribution in [2.75, 3.05) is 5.75 Å². The summed E-state index contributed by atoms with van der Waals surface area (Å²) in [5.74, 6) is 0.949. The first-order valence-corrected chi connectivity index (χ1v) is 9.97. The Bertz CT molecular complexity index is 1020. The molecule has 0 bridgehead atoms. The molecule has 0 aliphatic heterocycles. The number of nitrogens with zero attached hydrogens (tertiary/aromatic N) is 3. The average Bonchev–Trinajstić information content (AvgIpc) is 3.08. The van der Waals surface area contributed by atoms with Crippen LogP contribution in [0.15, 0.2) is 51.1 Å². The predicted octanol–water partition coefficient (Wildman–Crippen LogP) is 4.90. The van der Waals surface area contributed by atoms with E-state index in [0.29, 0.717) is 26.7 Å². The Kier molecular flexibility index (Phi) is 6.72. The Morgan fingerprint density at radius 3 is 2.64 bits per heavy atom. The van der Waals surface area contributed by atoms with Gasteiger partial charge >= 0.3 is 0 Å². The maximum atomic E-state index is 11.9. The van der Waals surface area contributed by atoms with Gasteiger partial charge in [0.05, 0.1) is 17.0 Å². The first-order chi connectivity index (χ1) is 13.4. The highest BCUT2D eigenvalue weighted by molar-refractivity contribution is 7.99. The first-order valence-electron chi connectivity index (χ1n) is 8.23. The van der Waals surface area contributed by atoms with Crippen LogP contribution in [0.5, 0.6) is 0 Å². The largest absolute Gasteiger partial charge is 0.455 e. The van der Waals surface area contributed by atoms with Crippen LogP contribution in [0.3, 0.4) is 0 Å². The quantitative estimate of drug-likeness (QED) is 0.258. The Balaban J connectivity index is 1.54. The molecule has 2 aromatic heterocycles. The number of hydrazone groups is 1. The van der Waals surface area contributed by atoms with E-state index in [4.69, 9.17) is 27.6 Å². The van der Waals surface area contributed by atoms with E-state index in [1.54, 1.807) is 30.3 Å². The fourth-order valence-electron chi connectivity index (χ4n) is 2.34. The van der Waals surface area contributed by atoms with Gasteiger partial charge < -0.3 is 4.42 Å². The highest BCUT2D eigenvalue weighted by atomic mass is 35.5. The van der Waals surface area contributed by atoms with Crippen molar-refractivity contribution in [3.8, 4) is 11.3 Å². The Morgan fingerprint density at radius 1 is 1.18 bits per heavy atom. The van der Waals surface area contributed by atoms with E-state index < -0.39 is 0 Å². The Hall–Kier alpha value is -2.35. The van der Waals surface area contributed by atoms with Crippen molar-refractivity contribution in [2.45, 2.75) is 19.0 Å². The van der Waals surface area contributed by atoms with Gasteiger partial charge in [0.2, 0.25) is 0 Å². The normalized spacial score (nSPS) is 11.1. The van der Waals surface area contributed by atoms with E-state index in [-0.39, 0.29) is 11.7 Å². The Morgan fingerprint density at radius 2 is 1.93 bits per heavy atom. The number of aromatic nitrogens is 2. The number of hydrogen-bond acceptors (Lipinski definition) is 6. The van der Waals surface area contributed by atoms with Crippen LogP contribution < -0.4 is 5.43 Å². The zero-order chi connectivity index (χ0) is 20.1. The molecule has 0 spiro atoms. The van der Waals surface area contributed by atoms with E-state index >= 15 is 0 Å². The van der Waals surface area contributed by atoms with Crippen LogP contribution in [0.25, 0.3) is 11.3 Å². The van der Waals surface area contributed by atoms with Crippen molar-refractivity contribution in [3.05, 3.63) is 63.6 Å². The summed E-state index contributed by atoms with van der Waals surface area (Å²) in [6, 6.07) is 10.5. The van der Waals surface area contributed by atoms with E-state index in [1.165, 1.54) is 18.0 Å². The van der Waals surface area contributed by atoms with E-state index in [1.807, 2.05) is 19.9 Å². The lowest BCUT2D eigenvalue weighted by molar-refractivity contribution is -0.118. The number of thioether (sulfide) groups is 1. The third-order valence-corrected chi connectivity index (χ3v) is 4.89. The van der Waals surface area contributed by atoms with Crippen LogP contribution in [-0.2, 0) is 4.79 Å². The summed E-state index contributed by atoms with van der Waals surface area (Å²) >= 11 is 13.3. The third-order valence-electron chi connectivity index (χ3n) is 3.50. The van der Waals surface area contributed by atoms with Crippen LogP contribution in [0.1, 0.15) is 17.1 Å². The van der Waals surface area contributed by atoms with Gasteiger partial charge in [-0.2, -0.15) is 5.10 Å². The topological polar surface area (TPSA) is 80.4 Å². The van der Waals surface area contributed by atoms with Crippen LogP contribution in [0, 0.1) is 13.8 Å². The van der Waals surface area contributed by atoms with Gasteiger partial charge in [-0.05, 0) is 50.2 Å². The van der Waals surface area contributed by atoms with E-state index in [2.05, 4.69) is 20.5 Å². The molecule has 1 aromatic carbocycles. The van der Waals surface area contributed by atoms with Crippen LogP contribution in [0.2, 0.25) is 10.0 Å². The average molecular weight is 435 g/mol. The summed E-state index contributed by atoms with van der Waals surface area (Å²) < 4.78 is 5.67. The molecule has 1 N–H and O–H groups in total. The number of carbonyl (C=O) groups is 1. The lowest BCUT2D eigenvalue weighted by atomic mass is 10.2. The molecule has 144 valence electrons. The molecular weight excluding hydrogens is 419 g/mol. The molecule has 2 heterocycles. The molecule has 0 saturated heterocycles. The number of amides is 1. The summed E-state index contributed by atoms with van der Waals surface area (Å²) in [6.45, 7) is 3.77. The van der Waals surface area contributed by atoms with E-state index in [9.17, 15) is 4.79 Å². The van der Waals surface area contributed by atoms with Crippen molar-refractivity contribution in [3.63, 3.8) is 0 Å². The van der Waals surface area contributed by atoms with Crippen LogP contribution in [-0.4, -0.2) is 27.8 Å². The highest BCUT2D eigenvalue weighted by Crippen LogP contribution is 2.31. The minimum atomic E-state index is -0.267. The second kappa shape index (κ2) is 9.23. The van der Waals surface area contributed by atoms with E-state index in [0.717, 1.165) is 17.0 Å². The number of benzene rings is 1. The number of nitrogens with one attached hydrogen (secondary N) is 1. The van der Waals surface area contributed by atoms with Gasteiger partial charge in [0.15, 0.2) is 5.16 Å². The first kappa shape index (κ1) is 20.4. The highest BCUT2D eigenvalue weighted by Gasteiger charge is 2.09. The molecule has 0 aliphatic carbocycles. The number of halogens is 2. The van der Waals surface area contributed by atoms with Gasteiger partial charge in [-0.3, -0.25) is 4.79 Å². The molecule has 0 aliphatic rings. The SMILES string of the molecule is Cc1cc(C)nc(SCC(=O)N/N=C/c2ccc(-c3ccc(Cl)cc3Cl)o2)n1. The fourth-order valence-corrected chi connectivity index (χ4v) is 3.59. The second-order valence-electron chi connectivity index (χ2n) is 5.84. The molecule has 0 radical (unpaired) electrons. The maximum absolute atomic E-state index is 11.9. The molecule has 0 fully saturated rings. The molecule has 6 nitrogen and oxygen atoms in total. The molecule has 1 amide bonds. The minimum absolute atomic E-state index is 0.157. The van der Waals surface area contributed by atoms with Crippen molar-refractivity contribution in [2.24, 2.45) is 5.10 Å². The monoisotopic (exact) mass is 434 g/mol. The summed E-state index contributed by atoms with van der Waals surface area (Å²) in [5, 5.41) is 5.51. The summed E-state index contributed by atoms with van der Waals surface area (Å²) in [7, 11) is 0. The molecular formula is C19H16Cl2N4O2S. The van der Waals surface area contributed by atoms with Crippen LogP contribution in [0.4, 0.5) is 0 Å². The molecule has 9 heteroatoms. The number of carbonyl (C=O) groups excluding carboxylic acids is 1. The molecule has 28 heavy (non-hydrogen) atoms. The van der Waals surface area contributed by atoms with Gasteiger partial charge in [0.25, 0.3) is 5.91 Å². The van der Waals surface area contributed by atoms with Crippen molar-refractivity contribution in [1.29, 1.82) is 0 Å². The zero-order valence-corrected chi connectivity index (χ0v) is 17.4. The predicted molar refractivity (Wildman–Crippen MR) is 112 cm³/mol. The van der Waals surface area contributed by atoms with Crippen molar-refractivity contribution < 1.29 is 9.21 Å². The summed E-state index contributed by atoms with van der Waals surface area (Å²) in [6.07, 6.45) is 1.42. The molecule has 3 rings (SSSR count). The number of rotatable bonds is 6. The maximum Gasteiger partial charge on any atom is 0.250 e. The molecule has 0 unspecified atom stereocenters. The summed E-state index contributed by atoms with van der Waals surface area (Å²) in [4.78, 5) is 20.5. The minimum Gasteiger partial charge on any atom is -0.455 e. The smallest absolute Gasteiger partial charge is 0.250 e. The lowest BCUT2D eigenvalue weighted by Gasteiger charge is -2.02. The van der Waals surface area contributed by atoms with Gasteiger partial charge in [-0.15, -0.1) is 0 Å². The van der Waals surface area contributed by atoms with Crippen LogP contribution >= 0.6 is 35.0 Å². The van der Waals surface area contributed by atoms with Gasteiger partial charge in [-0.25, -0.2) is 15.4 Å². The molecule has 0 saturated carbocycles. The van der Waals surface area contributed by atoms with Gasteiger partial charge in [0.1, 0.15) is 11.5 Å². The number of hydrogen-bond donors (Lipinski definition) is 1. The molecule has 0 atom stereocenters.